The maximum atomic E-state index is 13.1. The summed E-state index contributed by atoms with van der Waals surface area (Å²) in [6, 6.07) is 0. The van der Waals surface area contributed by atoms with Crippen LogP contribution in [0, 0.1) is 0 Å². The molecular formula is C81H142O17P2. The topological polar surface area (TPSA) is 237 Å². The van der Waals surface area contributed by atoms with Gasteiger partial charge in [0.05, 0.1) is 26.4 Å². The van der Waals surface area contributed by atoms with E-state index >= 15 is 0 Å². The summed E-state index contributed by atoms with van der Waals surface area (Å²) in [5.74, 6) is -2.22. The van der Waals surface area contributed by atoms with Crippen LogP contribution in [0.5, 0.6) is 0 Å². The van der Waals surface area contributed by atoms with Crippen molar-refractivity contribution in [2.24, 2.45) is 0 Å². The van der Waals surface area contributed by atoms with Gasteiger partial charge in [-0.3, -0.25) is 37.3 Å². The number of carbonyl (C=O) groups excluding carboxylic acids is 4. The van der Waals surface area contributed by atoms with Gasteiger partial charge in [-0.05, 0) is 103 Å². The highest BCUT2D eigenvalue weighted by Crippen LogP contribution is 2.45. The van der Waals surface area contributed by atoms with E-state index in [0.717, 1.165) is 141 Å². The third-order valence-electron chi connectivity index (χ3n) is 16.6. The molecule has 0 aliphatic heterocycles. The van der Waals surface area contributed by atoms with Crippen LogP contribution in [-0.2, 0) is 65.4 Å². The van der Waals surface area contributed by atoms with E-state index < -0.39 is 97.5 Å². The molecule has 0 aliphatic carbocycles. The Kier molecular flexibility index (Phi) is 70.4. The number of phosphoric acid groups is 2. The molecule has 0 rings (SSSR count). The highest BCUT2D eigenvalue weighted by atomic mass is 31.2. The van der Waals surface area contributed by atoms with E-state index in [1.807, 2.05) is 0 Å². The van der Waals surface area contributed by atoms with Gasteiger partial charge in [0.1, 0.15) is 19.3 Å². The molecule has 0 spiro atoms. The Balaban J connectivity index is 5.36. The van der Waals surface area contributed by atoms with Crippen molar-refractivity contribution in [2.75, 3.05) is 39.6 Å². The summed E-state index contributed by atoms with van der Waals surface area (Å²) in [5, 5.41) is 10.6. The van der Waals surface area contributed by atoms with Crippen molar-refractivity contribution in [2.45, 2.75) is 354 Å². The van der Waals surface area contributed by atoms with Crippen LogP contribution in [0.1, 0.15) is 336 Å². The predicted octanol–water partition coefficient (Wildman–Crippen LogP) is 22.8. The Hall–Kier alpha value is -4.02. The van der Waals surface area contributed by atoms with Crippen LogP contribution in [0.15, 0.2) is 97.2 Å². The number of phosphoric ester groups is 2. The summed E-state index contributed by atoms with van der Waals surface area (Å²) >= 11 is 0. The fourth-order valence-electron chi connectivity index (χ4n) is 10.6. The third-order valence-corrected chi connectivity index (χ3v) is 18.5. The van der Waals surface area contributed by atoms with E-state index in [1.54, 1.807) is 0 Å². The number of rotatable bonds is 74. The fourth-order valence-corrected chi connectivity index (χ4v) is 12.2. The monoisotopic (exact) mass is 1450 g/mol. The minimum atomic E-state index is -4.99. The van der Waals surface area contributed by atoms with Crippen LogP contribution >= 0.6 is 15.6 Å². The zero-order valence-electron chi connectivity index (χ0n) is 63.1. The maximum Gasteiger partial charge on any atom is 0.472 e. The number of allylic oxidation sites excluding steroid dienone is 16. The number of esters is 4. The Morgan fingerprint density at radius 2 is 0.520 bits per heavy atom. The van der Waals surface area contributed by atoms with Crippen molar-refractivity contribution in [3.05, 3.63) is 97.2 Å². The lowest BCUT2D eigenvalue weighted by molar-refractivity contribution is -0.161. The SMILES string of the molecule is CC/C=C\C/C=C\C/C=C\C/C=C\CCCCCCCCC(=O)OCC(COP(=O)(O)OCC(O)COP(=O)(O)OCC(COC(=O)CCCCCCCCCCCCCCC)OC(=O)CCCCCCCCCCCCCCC)OC(=O)CCCC/C=C\C/C=C\C/C=C\C/C=C\CC. The number of ether oxygens (including phenoxy) is 4. The smallest absolute Gasteiger partial charge is 0.462 e. The van der Waals surface area contributed by atoms with Gasteiger partial charge in [0.2, 0.25) is 0 Å². The van der Waals surface area contributed by atoms with Crippen molar-refractivity contribution in [1.29, 1.82) is 0 Å². The quantitative estimate of drug-likeness (QED) is 0.0169. The second kappa shape index (κ2) is 73.3. The van der Waals surface area contributed by atoms with Crippen molar-refractivity contribution >= 4 is 39.5 Å². The van der Waals surface area contributed by atoms with Gasteiger partial charge >= 0.3 is 39.5 Å². The molecule has 0 aliphatic rings. The average molecular weight is 1450 g/mol. The number of carbonyl (C=O) groups is 4. The zero-order chi connectivity index (χ0) is 73.2. The molecule has 0 aromatic rings. The normalized spacial score (nSPS) is 14.4. The molecule has 0 saturated heterocycles. The van der Waals surface area contributed by atoms with Gasteiger partial charge in [-0.1, -0.05) is 305 Å². The van der Waals surface area contributed by atoms with Gasteiger partial charge in [-0.25, -0.2) is 9.13 Å². The summed E-state index contributed by atoms with van der Waals surface area (Å²) < 4.78 is 68.5. The second-order valence-electron chi connectivity index (χ2n) is 26.3. The molecule has 0 radical (unpaired) electrons. The molecule has 0 fully saturated rings. The van der Waals surface area contributed by atoms with Crippen LogP contribution in [0.25, 0.3) is 0 Å². The number of aliphatic hydroxyl groups is 1. The third kappa shape index (κ3) is 72.3. The van der Waals surface area contributed by atoms with Gasteiger partial charge in [0.25, 0.3) is 0 Å². The van der Waals surface area contributed by atoms with E-state index in [2.05, 4.69) is 125 Å². The Bertz CT molecular complexity index is 2270. The lowest BCUT2D eigenvalue weighted by Gasteiger charge is -2.21. The highest BCUT2D eigenvalue weighted by Gasteiger charge is 2.30. The van der Waals surface area contributed by atoms with Crippen LogP contribution in [0.4, 0.5) is 0 Å². The van der Waals surface area contributed by atoms with Crippen molar-refractivity contribution in [3.8, 4) is 0 Å². The van der Waals surface area contributed by atoms with E-state index in [4.69, 9.17) is 37.0 Å². The molecule has 0 saturated carbocycles. The molecule has 0 aromatic carbocycles. The standard InChI is InChI=1S/C81H142O17P2/c1-5-9-13-17-21-25-29-33-35-36-37-38-40-43-46-50-54-58-62-66-79(84)92-72-77(98-81(86)68-64-60-56-52-48-44-39-34-30-26-22-18-14-10-6-2)74-96-100(89,90)94-70-75(82)69-93-99(87,88)95-73-76(97-80(85)67-63-59-55-51-47-42-32-28-24-20-16-12-8-4)71-91-78(83)65-61-57-53-49-45-41-31-27-23-19-15-11-7-3/h9-10,13-14,21-22,25-26,33-35,37-39,48,52,75-77,82H,5-8,11-12,15-20,23-24,27-32,36,40-47,49-51,53-74H2,1-4H3,(H,87,88)(H,89,90)/b13-9-,14-10-,25-21-,26-22-,35-33-,38-37-,39-34-,52-48-. The van der Waals surface area contributed by atoms with Gasteiger partial charge in [0, 0.05) is 25.7 Å². The van der Waals surface area contributed by atoms with Crippen LogP contribution in [-0.4, -0.2) is 96.7 Å². The van der Waals surface area contributed by atoms with Crippen molar-refractivity contribution in [1.82, 2.24) is 0 Å². The lowest BCUT2D eigenvalue weighted by atomic mass is 10.0. The van der Waals surface area contributed by atoms with E-state index in [1.165, 1.54) is 109 Å². The second-order valence-corrected chi connectivity index (χ2v) is 29.2. The van der Waals surface area contributed by atoms with E-state index in [0.29, 0.717) is 32.1 Å². The molecular weight excluding hydrogens is 1310 g/mol. The molecule has 0 aromatic heterocycles. The summed E-state index contributed by atoms with van der Waals surface area (Å²) in [5.41, 5.74) is 0. The molecule has 17 nitrogen and oxygen atoms in total. The fraction of sp³-hybridized carbons (Fsp3) is 0.753. The number of unbranched alkanes of at least 4 members (excludes halogenated alkanes) is 32. The number of aliphatic hydroxyl groups excluding tert-OH is 1. The van der Waals surface area contributed by atoms with Crippen molar-refractivity contribution < 1.29 is 80.2 Å². The highest BCUT2D eigenvalue weighted by molar-refractivity contribution is 7.47. The van der Waals surface area contributed by atoms with Gasteiger partial charge in [0.15, 0.2) is 12.2 Å². The van der Waals surface area contributed by atoms with Gasteiger partial charge < -0.3 is 33.8 Å². The van der Waals surface area contributed by atoms with Crippen LogP contribution in [0.3, 0.4) is 0 Å². The molecule has 3 N–H and O–H groups in total. The van der Waals surface area contributed by atoms with Gasteiger partial charge in [-0.15, -0.1) is 0 Å². The zero-order valence-corrected chi connectivity index (χ0v) is 64.9. The average Bonchev–Trinajstić information content (AvgIpc) is 0.946. The Morgan fingerprint density at radius 3 is 0.820 bits per heavy atom. The van der Waals surface area contributed by atoms with E-state index in [-0.39, 0.29) is 25.7 Å². The molecule has 578 valence electrons. The summed E-state index contributed by atoms with van der Waals surface area (Å²) in [7, 11) is -9.96. The maximum absolute atomic E-state index is 13.1. The van der Waals surface area contributed by atoms with Crippen LogP contribution in [0.2, 0.25) is 0 Å². The minimum absolute atomic E-state index is 0.0394. The molecule has 5 atom stereocenters. The molecule has 0 amide bonds. The van der Waals surface area contributed by atoms with Crippen LogP contribution < -0.4 is 0 Å². The Morgan fingerprint density at radius 1 is 0.290 bits per heavy atom. The molecule has 0 heterocycles. The predicted molar refractivity (Wildman–Crippen MR) is 409 cm³/mol. The molecule has 100 heavy (non-hydrogen) atoms. The number of hydrogen-bond acceptors (Lipinski definition) is 15. The summed E-state index contributed by atoms with van der Waals surface area (Å²) in [6.45, 7) is 4.62. The molecule has 0 bridgehead atoms. The Labute approximate surface area is 607 Å². The first-order chi connectivity index (χ1) is 48.7. The lowest BCUT2D eigenvalue weighted by Crippen LogP contribution is -2.30. The molecule has 19 heteroatoms. The van der Waals surface area contributed by atoms with E-state index in [9.17, 15) is 43.2 Å². The first-order valence-electron chi connectivity index (χ1n) is 39.5. The minimum Gasteiger partial charge on any atom is -0.462 e. The first kappa shape index (κ1) is 96.0. The molecule has 5 unspecified atom stereocenters. The summed E-state index contributed by atoms with van der Waals surface area (Å²) in [6.07, 6.45) is 76.8. The van der Waals surface area contributed by atoms with Gasteiger partial charge in [-0.2, -0.15) is 0 Å². The largest absolute Gasteiger partial charge is 0.472 e. The van der Waals surface area contributed by atoms with Crippen molar-refractivity contribution in [3.63, 3.8) is 0 Å². The number of hydrogen-bond donors (Lipinski definition) is 3. The first-order valence-corrected chi connectivity index (χ1v) is 42.5. The summed E-state index contributed by atoms with van der Waals surface area (Å²) in [4.78, 5) is 72.9.